The molecule has 0 saturated heterocycles. The Morgan fingerprint density at radius 3 is 2.33 bits per heavy atom. The van der Waals surface area contributed by atoms with Gasteiger partial charge in [0, 0.05) is 36.3 Å². The molecule has 1 unspecified atom stereocenters. The molecule has 0 aliphatic rings. The molecule has 3 nitrogen and oxygen atoms in total. The lowest BCUT2D eigenvalue weighted by atomic mass is 9.94. The minimum absolute atomic E-state index is 0.1000. The van der Waals surface area contributed by atoms with Gasteiger partial charge in [0.15, 0.2) is 0 Å². The smallest absolute Gasteiger partial charge is 0.127 e. The maximum Gasteiger partial charge on any atom is 0.127 e. The Morgan fingerprint density at radius 2 is 1.67 bits per heavy atom. The first-order chi connectivity index (χ1) is 11.5. The Morgan fingerprint density at radius 1 is 1.00 bits per heavy atom. The summed E-state index contributed by atoms with van der Waals surface area (Å²) in [6, 6.07) is 11.0. The van der Waals surface area contributed by atoms with Crippen LogP contribution < -0.4 is 5.73 Å². The third kappa shape index (κ3) is 3.05. The van der Waals surface area contributed by atoms with E-state index in [0.717, 1.165) is 23.8 Å². The van der Waals surface area contributed by atoms with E-state index in [1.54, 1.807) is 29.9 Å². The maximum atomic E-state index is 14.1. The maximum absolute atomic E-state index is 14.1. The lowest BCUT2D eigenvalue weighted by Crippen LogP contribution is -2.18. The summed E-state index contributed by atoms with van der Waals surface area (Å²) in [5.74, 6) is -1.91. The van der Waals surface area contributed by atoms with Gasteiger partial charge in [0.05, 0.1) is 5.69 Å². The summed E-state index contributed by atoms with van der Waals surface area (Å²) in [6.45, 7) is 0.1000. The van der Waals surface area contributed by atoms with E-state index in [-0.39, 0.29) is 17.9 Å². The second-order valence-electron chi connectivity index (χ2n) is 5.54. The van der Waals surface area contributed by atoms with Crippen LogP contribution in [0.4, 0.5) is 13.2 Å². The Labute approximate surface area is 137 Å². The van der Waals surface area contributed by atoms with Gasteiger partial charge >= 0.3 is 0 Å². The van der Waals surface area contributed by atoms with Gasteiger partial charge in [-0.05, 0) is 48.5 Å². The van der Waals surface area contributed by atoms with Crippen molar-refractivity contribution in [2.75, 3.05) is 6.54 Å². The van der Waals surface area contributed by atoms with Crippen molar-refractivity contribution in [1.29, 1.82) is 0 Å². The van der Waals surface area contributed by atoms with Crippen LogP contribution in [-0.4, -0.2) is 16.3 Å². The van der Waals surface area contributed by atoms with Gasteiger partial charge in [-0.2, -0.15) is 5.10 Å². The minimum atomic E-state index is -0.535. The van der Waals surface area contributed by atoms with Crippen molar-refractivity contribution < 1.29 is 13.2 Å². The number of halogens is 3. The number of nitrogens with zero attached hydrogens (tertiary/aromatic N) is 2. The quantitative estimate of drug-likeness (QED) is 0.794. The molecule has 0 aliphatic carbocycles. The van der Waals surface area contributed by atoms with Crippen molar-refractivity contribution >= 4 is 0 Å². The zero-order valence-corrected chi connectivity index (χ0v) is 13.0. The number of aromatic nitrogens is 2. The predicted octanol–water partition coefficient (Wildman–Crippen LogP) is 3.60. The molecule has 0 aliphatic heterocycles. The van der Waals surface area contributed by atoms with E-state index in [9.17, 15) is 13.2 Å². The van der Waals surface area contributed by atoms with Gasteiger partial charge in [0.2, 0.25) is 0 Å². The van der Waals surface area contributed by atoms with E-state index in [4.69, 9.17) is 5.73 Å². The zero-order chi connectivity index (χ0) is 17.3. The lowest BCUT2D eigenvalue weighted by molar-refractivity contribution is 0.564. The van der Waals surface area contributed by atoms with E-state index >= 15 is 0 Å². The number of hydrogen-bond acceptors (Lipinski definition) is 2. The van der Waals surface area contributed by atoms with Crippen LogP contribution in [-0.2, 0) is 7.05 Å². The Balaban J connectivity index is 2.04. The van der Waals surface area contributed by atoms with Crippen molar-refractivity contribution in [3.63, 3.8) is 0 Å². The molecule has 1 aromatic heterocycles. The molecular weight excluding hydrogens is 315 g/mol. The first-order valence-corrected chi connectivity index (χ1v) is 7.44. The normalized spacial score (nSPS) is 12.4. The molecule has 0 spiro atoms. The topological polar surface area (TPSA) is 43.8 Å². The van der Waals surface area contributed by atoms with Gasteiger partial charge in [-0.15, -0.1) is 0 Å². The van der Waals surface area contributed by atoms with Crippen molar-refractivity contribution in [1.82, 2.24) is 9.78 Å². The van der Waals surface area contributed by atoms with E-state index in [2.05, 4.69) is 5.10 Å². The van der Waals surface area contributed by atoms with Crippen LogP contribution in [0, 0.1) is 17.5 Å². The van der Waals surface area contributed by atoms with Crippen molar-refractivity contribution in [2.45, 2.75) is 5.92 Å². The molecule has 3 rings (SSSR count). The number of rotatable bonds is 4. The molecule has 0 bridgehead atoms. The summed E-state index contributed by atoms with van der Waals surface area (Å²) in [6.07, 6.45) is 0. The summed E-state index contributed by atoms with van der Waals surface area (Å²) in [5, 5.41) is 4.38. The second kappa shape index (κ2) is 6.49. The van der Waals surface area contributed by atoms with E-state index in [0.29, 0.717) is 11.4 Å². The predicted molar refractivity (Wildman–Crippen MR) is 85.9 cm³/mol. The third-order valence-corrected chi connectivity index (χ3v) is 3.98. The lowest BCUT2D eigenvalue weighted by Gasteiger charge is -2.16. The highest BCUT2D eigenvalue weighted by molar-refractivity contribution is 5.59. The molecule has 6 heteroatoms. The van der Waals surface area contributed by atoms with Crippen molar-refractivity contribution in [3.8, 4) is 11.3 Å². The van der Waals surface area contributed by atoms with E-state index < -0.39 is 17.6 Å². The van der Waals surface area contributed by atoms with Crippen LogP contribution >= 0.6 is 0 Å². The van der Waals surface area contributed by atoms with Gasteiger partial charge < -0.3 is 5.73 Å². The number of aryl methyl sites for hydroxylation is 1. The largest absolute Gasteiger partial charge is 0.329 e. The molecule has 0 saturated carbocycles. The molecule has 0 fully saturated rings. The van der Waals surface area contributed by atoms with Gasteiger partial charge in [-0.3, -0.25) is 4.68 Å². The highest BCUT2D eigenvalue weighted by atomic mass is 19.1. The third-order valence-electron chi connectivity index (χ3n) is 3.98. The molecule has 2 N–H and O–H groups in total. The summed E-state index contributed by atoms with van der Waals surface area (Å²) < 4.78 is 42.2. The number of nitrogens with two attached hydrogens (primary N) is 1. The Kier molecular flexibility index (Phi) is 4.40. The molecule has 0 amide bonds. The van der Waals surface area contributed by atoms with Crippen LogP contribution in [0.2, 0.25) is 0 Å². The Bertz CT molecular complexity index is 856. The average Bonchev–Trinajstić information content (AvgIpc) is 2.94. The van der Waals surface area contributed by atoms with Crippen LogP contribution in [0.15, 0.2) is 48.5 Å². The summed E-state index contributed by atoms with van der Waals surface area (Å²) >= 11 is 0. The van der Waals surface area contributed by atoms with Crippen molar-refractivity contribution in [3.05, 3.63) is 77.2 Å². The fraction of sp³-hybridized carbons (Fsp3) is 0.167. The highest BCUT2D eigenvalue weighted by Crippen LogP contribution is 2.29. The average molecular weight is 331 g/mol. The van der Waals surface area contributed by atoms with Crippen LogP contribution in [0.25, 0.3) is 11.3 Å². The number of benzene rings is 2. The fourth-order valence-electron chi connectivity index (χ4n) is 2.76. The first-order valence-electron chi connectivity index (χ1n) is 7.44. The van der Waals surface area contributed by atoms with Crippen LogP contribution in [0.3, 0.4) is 0 Å². The molecule has 1 atom stereocenters. The van der Waals surface area contributed by atoms with Crippen LogP contribution in [0.1, 0.15) is 17.2 Å². The summed E-state index contributed by atoms with van der Waals surface area (Å²) in [5.41, 5.74) is 8.00. The van der Waals surface area contributed by atoms with Gasteiger partial charge in [0.25, 0.3) is 0 Å². The molecular formula is C18H16F3N3. The summed E-state index contributed by atoms with van der Waals surface area (Å²) in [7, 11) is 1.71. The zero-order valence-electron chi connectivity index (χ0n) is 13.0. The fourth-order valence-corrected chi connectivity index (χ4v) is 2.76. The minimum Gasteiger partial charge on any atom is -0.329 e. The molecule has 24 heavy (non-hydrogen) atoms. The monoisotopic (exact) mass is 331 g/mol. The van der Waals surface area contributed by atoms with Crippen LogP contribution in [0.5, 0.6) is 0 Å². The summed E-state index contributed by atoms with van der Waals surface area (Å²) in [4.78, 5) is 0. The molecule has 2 aromatic carbocycles. The van der Waals surface area contributed by atoms with Gasteiger partial charge in [-0.25, -0.2) is 13.2 Å². The van der Waals surface area contributed by atoms with Gasteiger partial charge in [-0.1, -0.05) is 0 Å². The highest BCUT2D eigenvalue weighted by Gasteiger charge is 2.22. The van der Waals surface area contributed by atoms with E-state index in [1.165, 1.54) is 12.1 Å². The molecule has 0 radical (unpaired) electrons. The second-order valence-corrected chi connectivity index (χ2v) is 5.54. The SMILES string of the molecule is Cn1nc(-c2ccc(F)cc2)cc1C(CN)c1cc(F)ccc1F. The molecule has 1 heterocycles. The standard InChI is InChI=1S/C18H16F3N3/c1-24-18(9-17(23-24)11-2-4-12(19)5-3-11)15(10-22)14-8-13(20)6-7-16(14)21/h2-9,15H,10,22H2,1H3. The van der Waals surface area contributed by atoms with E-state index in [1.807, 2.05) is 0 Å². The number of hydrogen-bond donors (Lipinski definition) is 1. The first kappa shape index (κ1) is 16.3. The van der Waals surface area contributed by atoms with Gasteiger partial charge in [0.1, 0.15) is 17.5 Å². The molecule has 124 valence electrons. The van der Waals surface area contributed by atoms with Crippen molar-refractivity contribution in [2.24, 2.45) is 12.8 Å². The Hall–Kier alpha value is -2.60. The molecule has 3 aromatic rings.